The fraction of sp³-hybridized carbons (Fsp3) is 0. The molecule has 9 rings (SSSR count). The quantitative estimate of drug-likeness (QED) is 0.195. The van der Waals surface area contributed by atoms with E-state index < -0.39 is 0 Å². The molecule has 9 aromatic rings. The molecule has 0 aliphatic heterocycles. The van der Waals surface area contributed by atoms with Gasteiger partial charge in [-0.15, -0.1) is 0 Å². The van der Waals surface area contributed by atoms with Crippen molar-refractivity contribution in [3.8, 4) is 27.9 Å². The highest BCUT2D eigenvalue weighted by Crippen LogP contribution is 2.39. The molecule has 0 aliphatic carbocycles. The average molecular weight is 546 g/mol. The average Bonchev–Trinajstić information content (AvgIpc) is 3.41. The fourth-order valence-corrected chi connectivity index (χ4v) is 6.86. The summed E-state index contributed by atoms with van der Waals surface area (Å²) in [5.41, 5.74) is 8.58. The summed E-state index contributed by atoms with van der Waals surface area (Å²) in [5.74, 6) is 0. The van der Waals surface area contributed by atoms with Gasteiger partial charge in [0.15, 0.2) is 0 Å². The Morgan fingerprint density at radius 1 is 0.279 bits per heavy atom. The van der Waals surface area contributed by atoms with Crippen LogP contribution in [0.15, 0.2) is 164 Å². The lowest BCUT2D eigenvalue weighted by molar-refractivity contribution is 1.20. The summed E-state index contributed by atoms with van der Waals surface area (Å²) < 4.78 is 2.45. The first-order valence-corrected chi connectivity index (χ1v) is 14.9. The Hall–Kier alpha value is -5.66. The second kappa shape index (κ2) is 9.44. The van der Waals surface area contributed by atoms with E-state index in [-0.39, 0.29) is 0 Å². The van der Waals surface area contributed by atoms with E-state index in [1.807, 2.05) is 0 Å². The number of benzene rings is 8. The molecule has 200 valence electrons. The van der Waals surface area contributed by atoms with Crippen LogP contribution in [0.3, 0.4) is 0 Å². The fourth-order valence-electron chi connectivity index (χ4n) is 6.86. The number of hydrogen-bond acceptors (Lipinski definition) is 0. The number of para-hydroxylation sites is 1. The topological polar surface area (TPSA) is 4.93 Å². The molecular formula is C42H27N. The second-order valence-electron chi connectivity index (χ2n) is 11.4. The van der Waals surface area contributed by atoms with Gasteiger partial charge in [0.1, 0.15) is 0 Å². The first-order chi connectivity index (χ1) is 21.3. The van der Waals surface area contributed by atoms with Crippen LogP contribution in [0, 0.1) is 0 Å². The summed E-state index contributed by atoms with van der Waals surface area (Å²) in [6, 6.07) is 59.8. The molecule has 43 heavy (non-hydrogen) atoms. The maximum absolute atomic E-state index is 2.45. The summed E-state index contributed by atoms with van der Waals surface area (Å²) in [4.78, 5) is 0. The van der Waals surface area contributed by atoms with E-state index >= 15 is 0 Å². The Bertz CT molecular complexity index is 2500. The lowest BCUT2D eigenvalue weighted by Crippen LogP contribution is -1.96. The van der Waals surface area contributed by atoms with Crippen molar-refractivity contribution in [1.82, 2.24) is 4.57 Å². The zero-order chi connectivity index (χ0) is 28.3. The minimum atomic E-state index is 1.22. The van der Waals surface area contributed by atoms with Crippen LogP contribution in [0.2, 0.25) is 0 Å². The van der Waals surface area contributed by atoms with Crippen molar-refractivity contribution >= 4 is 54.1 Å². The molecule has 0 saturated carbocycles. The monoisotopic (exact) mass is 545 g/mol. The molecule has 0 aliphatic rings. The number of aromatic nitrogens is 1. The summed E-state index contributed by atoms with van der Waals surface area (Å²) in [7, 11) is 0. The first kappa shape index (κ1) is 24.0. The van der Waals surface area contributed by atoms with Crippen molar-refractivity contribution in [3.05, 3.63) is 164 Å². The molecule has 0 fully saturated rings. The van der Waals surface area contributed by atoms with Crippen LogP contribution in [0.4, 0.5) is 0 Å². The lowest BCUT2D eigenvalue weighted by Gasteiger charge is -2.14. The highest BCUT2D eigenvalue weighted by atomic mass is 15.0. The molecule has 0 spiro atoms. The maximum atomic E-state index is 2.45. The molecule has 0 amide bonds. The first-order valence-electron chi connectivity index (χ1n) is 14.9. The Labute approximate surface area is 249 Å². The minimum Gasteiger partial charge on any atom is -0.309 e. The highest BCUT2D eigenvalue weighted by molar-refractivity contribution is 6.15. The van der Waals surface area contributed by atoms with E-state index in [1.165, 1.54) is 82.1 Å². The molecule has 0 bridgehead atoms. The highest BCUT2D eigenvalue weighted by Gasteiger charge is 2.16. The van der Waals surface area contributed by atoms with Crippen molar-refractivity contribution in [1.29, 1.82) is 0 Å². The van der Waals surface area contributed by atoms with Gasteiger partial charge in [-0.1, -0.05) is 133 Å². The van der Waals surface area contributed by atoms with Crippen LogP contribution in [0.25, 0.3) is 82.1 Å². The second-order valence-corrected chi connectivity index (χ2v) is 11.4. The number of nitrogens with zero attached hydrogens (tertiary/aromatic N) is 1. The van der Waals surface area contributed by atoms with Crippen LogP contribution in [-0.4, -0.2) is 4.57 Å². The zero-order valence-electron chi connectivity index (χ0n) is 23.5. The van der Waals surface area contributed by atoms with Gasteiger partial charge in [-0.05, 0) is 79.5 Å². The maximum Gasteiger partial charge on any atom is 0.0546 e. The molecule has 8 aromatic carbocycles. The van der Waals surface area contributed by atoms with Crippen LogP contribution in [0.5, 0.6) is 0 Å². The van der Waals surface area contributed by atoms with E-state index in [4.69, 9.17) is 0 Å². The Balaban J connectivity index is 1.20. The van der Waals surface area contributed by atoms with Gasteiger partial charge in [-0.25, -0.2) is 0 Å². The lowest BCUT2D eigenvalue weighted by atomic mass is 9.97. The smallest absolute Gasteiger partial charge is 0.0546 e. The van der Waals surface area contributed by atoms with Gasteiger partial charge in [-0.2, -0.15) is 0 Å². The van der Waals surface area contributed by atoms with Gasteiger partial charge in [0.2, 0.25) is 0 Å². The van der Waals surface area contributed by atoms with E-state index in [0.717, 1.165) is 0 Å². The van der Waals surface area contributed by atoms with Gasteiger partial charge in [0.25, 0.3) is 0 Å². The molecule has 1 nitrogen and oxygen atoms in total. The molecule has 1 heteroatoms. The van der Waals surface area contributed by atoms with Crippen molar-refractivity contribution in [2.24, 2.45) is 0 Å². The molecule has 1 aromatic heterocycles. The third kappa shape index (κ3) is 3.79. The molecule has 0 saturated heterocycles. The number of rotatable bonds is 3. The number of hydrogen-bond donors (Lipinski definition) is 0. The van der Waals surface area contributed by atoms with Crippen LogP contribution >= 0.6 is 0 Å². The van der Waals surface area contributed by atoms with E-state index in [0.29, 0.717) is 0 Å². The van der Waals surface area contributed by atoms with E-state index in [9.17, 15) is 0 Å². The summed E-state index contributed by atoms with van der Waals surface area (Å²) in [6.07, 6.45) is 0. The molecule has 0 N–H and O–H groups in total. The molecule has 0 radical (unpaired) electrons. The van der Waals surface area contributed by atoms with E-state index in [2.05, 4.69) is 168 Å². The number of fused-ring (bicyclic) bond motifs is 7. The van der Waals surface area contributed by atoms with Crippen LogP contribution in [-0.2, 0) is 0 Å². The van der Waals surface area contributed by atoms with Crippen molar-refractivity contribution in [3.63, 3.8) is 0 Å². The van der Waals surface area contributed by atoms with Crippen molar-refractivity contribution in [2.45, 2.75) is 0 Å². The van der Waals surface area contributed by atoms with E-state index in [1.54, 1.807) is 0 Å². The standard InChI is InChI=1S/C42H27N/c1-2-10-31-25-32(22-21-28(31)9-1)29-17-19-30(20-18-29)33-23-24-41-39(26-33)38-15-7-8-16-40(38)43(41)42-27-34-11-3-4-12-35(34)36-13-5-6-14-37(36)42/h1-27H. The SMILES string of the molecule is c1ccc2cc(-c3ccc(-c4ccc5c(c4)c4ccccc4n5-c4cc5ccccc5c5ccccc45)cc3)ccc2c1. The van der Waals surface area contributed by atoms with Gasteiger partial charge in [-0.3, -0.25) is 0 Å². The van der Waals surface area contributed by atoms with Gasteiger partial charge in [0.05, 0.1) is 16.7 Å². The normalized spacial score (nSPS) is 11.7. The molecule has 0 atom stereocenters. The molecule has 1 heterocycles. The third-order valence-corrected chi connectivity index (χ3v) is 8.96. The van der Waals surface area contributed by atoms with Crippen LogP contribution < -0.4 is 0 Å². The van der Waals surface area contributed by atoms with Crippen LogP contribution in [0.1, 0.15) is 0 Å². The predicted molar refractivity (Wildman–Crippen MR) is 184 cm³/mol. The molecule has 0 unspecified atom stereocenters. The van der Waals surface area contributed by atoms with Crippen molar-refractivity contribution in [2.75, 3.05) is 0 Å². The molecular weight excluding hydrogens is 518 g/mol. The zero-order valence-corrected chi connectivity index (χ0v) is 23.5. The van der Waals surface area contributed by atoms with Crippen molar-refractivity contribution < 1.29 is 0 Å². The third-order valence-electron chi connectivity index (χ3n) is 8.96. The van der Waals surface area contributed by atoms with Gasteiger partial charge < -0.3 is 4.57 Å². The Morgan fingerprint density at radius 3 is 1.60 bits per heavy atom. The summed E-state index contributed by atoms with van der Waals surface area (Å²) in [6.45, 7) is 0. The van der Waals surface area contributed by atoms with Gasteiger partial charge >= 0.3 is 0 Å². The summed E-state index contributed by atoms with van der Waals surface area (Å²) >= 11 is 0. The Kier molecular flexibility index (Phi) is 5.27. The largest absolute Gasteiger partial charge is 0.309 e. The minimum absolute atomic E-state index is 1.22. The summed E-state index contributed by atoms with van der Waals surface area (Å²) in [5, 5.41) is 10.2. The van der Waals surface area contributed by atoms with Gasteiger partial charge in [0, 0.05) is 16.2 Å². The predicted octanol–water partition coefficient (Wildman–Crippen LogP) is 11.6. The Morgan fingerprint density at radius 2 is 0.814 bits per heavy atom.